The quantitative estimate of drug-likeness (QED) is 0.574. The van der Waals surface area contributed by atoms with E-state index in [0.29, 0.717) is 61.7 Å². The van der Waals surface area contributed by atoms with Crippen LogP contribution in [0.3, 0.4) is 0 Å². The Kier molecular flexibility index (Phi) is 6.45. The molecule has 1 N–H and O–H groups in total. The number of carbonyl (C=O) groups is 2. The van der Waals surface area contributed by atoms with E-state index in [4.69, 9.17) is 10.00 Å². The molecule has 2 fully saturated rings. The van der Waals surface area contributed by atoms with Gasteiger partial charge in [0.1, 0.15) is 16.8 Å². The standard InChI is InChI=1S/C25H23F3N6O3/c26-25(27,28)19-9-15(11-29)1-4-22(19)37-14-23(35)33-7-5-17-12-34(13-18(17)6-8-33)24(36)16-2-3-20-21(10-16)31-32-30-20/h1-4,9-10,17-18H,5-8,12-14H2,(H,30,31,32). The van der Waals surface area contributed by atoms with Gasteiger partial charge in [0, 0.05) is 31.7 Å². The molecule has 0 aliphatic carbocycles. The molecule has 5 rings (SSSR count). The molecule has 2 atom stereocenters. The smallest absolute Gasteiger partial charge is 0.420 e. The minimum absolute atomic E-state index is 0.0674. The fourth-order valence-electron chi connectivity index (χ4n) is 5.10. The Morgan fingerprint density at radius 2 is 1.73 bits per heavy atom. The first kappa shape index (κ1) is 24.5. The monoisotopic (exact) mass is 512 g/mol. The molecule has 0 saturated carbocycles. The second kappa shape index (κ2) is 9.72. The van der Waals surface area contributed by atoms with E-state index in [1.54, 1.807) is 29.2 Å². The first-order valence-electron chi connectivity index (χ1n) is 11.8. The zero-order chi connectivity index (χ0) is 26.2. The molecule has 37 heavy (non-hydrogen) atoms. The number of nitrogens with zero attached hydrogens (tertiary/aromatic N) is 5. The van der Waals surface area contributed by atoms with Crippen molar-refractivity contribution in [2.75, 3.05) is 32.8 Å². The molecule has 192 valence electrons. The topological polar surface area (TPSA) is 115 Å². The lowest BCUT2D eigenvalue weighted by atomic mass is 9.92. The molecule has 1 aromatic heterocycles. The summed E-state index contributed by atoms with van der Waals surface area (Å²) >= 11 is 0. The van der Waals surface area contributed by atoms with Gasteiger partial charge < -0.3 is 14.5 Å². The fraction of sp³-hybridized carbons (Fsp3) is 0.400. The molecular weight excluding hydrogens is 489 g/mol. The first-order valence-corrected chi connectivity index (χ1v) is 11.8. The van der Waals surface area contributed by atoms with Crippen LogP contribution in [0.1, 0.15) is 34.3 Å². The van der Waals surface area contributed by atoms with Gasteiger partial charge in [0.05, 0.1) is 17.2 Å². The van der Waals surface area contributed by atoms with Gasteiger partial charge >= 0.3 is 6.18 Å². The number of ether oxygens (including phenoxy) is 1. The zero-order valence-corrected chi connectivity index (χ0v) is 19.7. The van der Waals surface area contributed by atoms with Crippen molar-refractivity contribution < 1.29 is 27.5 Å². The first-order chi connectivity index (χ1) is 17.7. The number of nitriles is 1. The Labute approximate surface area is 209 Å². The molecule has 2 saturated heterocycles. The average molecular weight is 512 g/mol. The van der Waals surface area contributed by atoms with E-state index in [1.807, 2.05) is 4.90 Å². The second-order valence-corrected chi connectivity index (χ2v) is 9.32. The maximum absolute atomic E-state index is 13.4. The molecule has 0 radical (unpaired) electrons. The van der Waals surface area contributed by atoms with Crippen molar-refractivity contribution in [3.05, 3.63) is 53.1 Å². The molecule has 9 nitrogen and oxygen atoms in total. The molecule has 2 aliphatic heterocycles. The number of alkyl halides is 3. The SMILES string of the molecule is N#Cc1ccc(OCC(=O)N2CCC3CN(C(=O)c4ccc5n[nH]nc5c4)CC3CC2)c(C(F)(F)F)c1. The summed E-state index contributed by atoms with van der Waals surface area (Å²) in [4.78, 5) is 29.3. The number of fused-ring (bicyclic) bond motifs is 2. The van der Waals surface area contributed by atoms with E-state index in [9.17, 15) is 22.8 Å². The highest BCUT2D eigenvalue weighted by molar-refractivity contribution is 5.97. The average Bonchev–Trinajstić information content (AvgIpc) is 3.48. The number of benzene rings is 2. The normalized spacial score (nSPS) is 19.8. The Morgan fingerprint density at radius 1 is 1.03 bits per heavy atom. The van der Waals surface area contributed by atoms with Crippen molar-refractivity contribution in [1.82, 2.24) is 25.2 Å². The summed E-state index contributed by atoms with van der Waals surface area (Å²) in [5.41, 5.74) is 0.631. The largest absolute Gasteiger partial charge is 0.483 e. The maximum Gasteiger partial charge on any atom is 0.420 e. The summed E-state index contributed by atoms with van der Waals surface area (Å²) in [7, 11) is 0. The highest BCUT2D eigenvalue weighted by atomic mass is 19.4. The lowest BCUT2D eigenvalue weighted by Gasteiger charge is -2.23. The number of halogens is 3. The molecule has 2 amide bonds. The molecule has 2 aromatic carbocycles. The number of rotatable bonds is 4. The highest BCUT2D eigenvalue weighted by Gasteiger charge is 2.38. The van der Waals surface area contributed by atoms with Crippen LogP contribution < -0.4 is 4.74 Å². The Morgan fingerprint density at radius 3 is 2.41 bits per heavy atom. The highest BCUT2D eigenvalue weighted by Crippen LogP contribution is 2.37. The van der Waals surface area contributed by atoms with Crippen LogP contribution in [0.2, 0.25) is 0 Å². The third-order valence-electron chi connectivity index (χ3n) is 7.08. The third kappa shape index (κ3) is 5.07. The van der Waals surface area contributed by atoms with Crippen molar-refractivity contribution in [3.8, 4) is 11.8 Å². The number of aromatic amines is 1. The van der Waals surface area contributed by atoms with Gasteiger partial charge in [-0.3, -0.25) is 9.59 Å². The molecule has 2 unspecified atom stereocenters. The number of aromatic nitrogens is 3. The van der Waals surface area contributed by atoms with Crippen LogP contribution in [-0.2, 0) is 11.0 Å². The van der Waals surface area contributed by atoms with Crippen LogP contribution in [0, 0.1) is 23.2 Å². The van der Waals surface area contributed by atoms with Crippen LogP contribution in [0.4, 0.5) is 13.2 Å². The summed E-state index contributed by atoms with van der Waals surface area (Å²) in [6.45, 7) is 1.52. The summed E-state index contributed by atoms with van der Waals surface area (Å²) in [5, 5.41) is 19.5. The second-order valence-electron chi connectivity index (χ2n) is 9.32. The van der Waals surface area contributed by atoms with E-state index < -0.39 is 30.0 Å². The van der Waals surface area contributed by atoms with Crippen LogP contribution in [-0.4, -0.2) is 69.8 Å². The lowest BCUT2D eigenvalue weighted by Crippen LogP contribution is -2.37. The zero-order valence-electron chi connectivity index (χ0n) is 19.7. The predicted molar refractivity (Wildman–Crippen MR) is 124 cm³/mol. The van der Waals surface area contributed by atoms with Gasteiger partial charge in [0.25, 0.3) is 11.8 Å². The fourth-order valence-corrected chi connectivity index (χ4v) is 5.10. The molecule has 3 aromatic rings. The Balaban J connectivity index is 1.17. The van der Waals surface area contributed by atoms with Gasteiger partial charge in [-0.2, -0.15) is 33.8 Å². The van der Waals surface area contributed by atoms with Crippen molar-refractivity contribution in [1.29, 1.82) is 5.26 Å². The van der Waals surface area contributed by atoms with Gasteiger partial charge in [0.2, 0.25) is 0 Å². The summed E-state index contributed by atoms with van der Waals surface area (Å²) < 4.78 is 45.3. The van der Waals surface area contributed by atoms with Crippen molar-refractivity contribution in [2.24, 2.45) is 11.8 Å². The third-order valence-corrected chi connectivity index (χ3v) is 7.08. The molecule has 2 aliphatic rings. The van der Waals surface area contributed by atoms with Crippen LogP contribution >= 0.6 is 0 Å². The van der Waals surface area contributed by atoms with Gasteiger partial charge in [-0.05, 0) is 61.1 Å². The van der Waals surface area contributed by atoms with Gasteiger partial charge in [0.15, 0.2) is 6.61 Å². The molecule has 3 heterocycles. The lowest BCUT2D eigenvalue weighted by molar-refractivity contribution is -0.141. The Hall–Kier alpha value is -4.14. The van der Waals surface area contributed by atoms with Gasteiger partial charge in [-0.15, -0.1) is 0 Å². The van der Waals surface area contributed by atoms with Crippen molar-refractivity contribution in [3.63, 3.8) is 0 Å². The van der Waals surface area contributed by atoms with E-state index in [0.717, 1.165) is 6.07 Å². The Bertz CT molecular complexity index is 1370. The molecule has 0 bridgehead atoms. The summed E-state index contributed by atoms with van der Waals surface area (Å²) in [5.74, 6) is -0.486. The number of nitrogens with one attached hydrogen (secondary N) is 1. The number of H-pyrrole nitrogens is 1. The minimum Gasteiger partial charge on any atom is -0.483 e. The van der Waals surface area contributed by atoms with Gasteiger partial charge in [-0.25, -0.2) is 0 Å². The van der Waals surface area contributed by atoms with E-state index in [1.165, 1.54) is 6.07 Å². The van der Waals surface area contributed by atoms with E-state index in [-0.39, 0.29) is 23.3 Å². The summed E-state index contributed by atoms with van der Waals surface area (Å²) in [6, 6.07) is 9.87. The molecular formula is C25H23F3N6O3. The number of amides is 2. The minimum atomic E-state index is -4.71. The number of likely N-dealkylation sites (tertiary alicyclic amines) is 2. The number of carbonyl (C=O) groups excluding carboxylic acids is 2. The van der Waals surface area contributed by atoms with Crippen LogP contribution in [0.25, 0.3) is 11.0 Å². The molecule has 12 heteroatoms. The number of hydrogen-bond donors (Lipinski definition) is 1. The maximum atomic E-state index is 13.4. The van der Waals surface area contributed by atoms with Crippen molar-refractivity contribution >= 4 is 22.8 Å². The van der Waals surface area contributed by atoms with Gasteiger partial charge in [-0.1, -0.05) is 0 Å². The van der Waals surface area contributed by atoms with E-state index in [2.05, 4.69) is 15.4 Å². The predicted octanol–water partition coefficient (Wildman–Crippen LogP) is 3.24. The van der Waals surface area contributed by atoms with E-state index >= 15 is 0 Å². The van der Waals surface area contributed by atoms with Crippen LogP contribution in [0.5, 0.6) is 5.75 Å². The summed E-state index contributed by atoms with van der Waals surface area (Å²) in [6.07, 6.45) is -3.34. The van der Waals surface area contributed by atoms with Crippen molar-refractivity contribution in [2.45, 2.75) is 19.0 Å². The number of hydrogen-bond acceptors (Lipinski definition) is 6. The van der Waals surface area contributed by atoms with Crippen LogP contribution in [0.15, 0.2) is 36.4 Å². The molecule has 0 spiro atoms.